The Bertz CT molecular complexity index is 261. The fourth-order valence-electron chi connectivity index (χ4n) is 3.38. The van der Waals surface area contributed by atoms with Crippen molar-refractivity contribution in [1.29, 1.82) is 0 Å². The van der Waals surface area contributed by atoms with Gasteiger partial charge < -0.3 is 10.2 Å². The molecule has 2 atom stereocenters. The summed E-state index contributed by atoms with van der Waals surface area (Å²) in [5, 5.41) is 3.35. The van der Waals surface area contributed by atoms with E-state index in [0.29, 0.717) is 23.8 Å². The highest BCUT2D eigenvalue weighted by atomic mass is 16.2. The Hall–Kier alpha value is -0.570. The average molecular weight is 238 g/mol. The summed E-state index contributed by atoms with van der Waals surface area (Å²) in [6.45, 7) is 4.15. The van der Waals surface area contributed by atoms with Gasteiger partial charge in [-0.1, -0.05) is 26.2 Å². The first-order valence-electron chi connectivity index (χ1n) is 7.18. The zero-order chi connectivity index (χ0) is 12.3. The highest BCUT2D eigenvalue weighted by Gasteiger charge is 2.31. The second kappa shape index (κ2) is 5.85. The van der Waals surface area contributed by atoms with E-state index in [2.05, 4.69) is 17.1 Å². The van der Waals surface area contributed by atoms with Crippen molar-refractivity contribution in [2.24, 2.45) is 11.8 Å². The van der Waals surface area contributed by atoms with Gasteiger partial charge in [0.05, 0.1) is 0 Å². The second-order valence-electron chi connectivity index (χ2n) is 5.78. The van der Waals surface area contributed by atoms with Gasteiger partial charge in [0.25, 0.3) is 0 Å². The molecule has 0 spiro atoms. The molecule has 2 fully saturated rings. The van der Waals surface area contributed by atoms with Gasteiger partial charge in [-0.15, -0.1) is 0 Å². The Morgan fingerprint density at radius 1 is 1.18 bits per heavy atom. The smallest absolute Gasteiger partial charge is 0.225 e. The van der Waals surface area contributed by atoms with Crippen molar-refractivity contribution < 1.29 is 4.79 Å². The number of carbonyl (C=O) groups excluding carboxylic acids is 1. The standard InChI is InChI=1S/C14H26N2O/c1-11-10-16(9-8-13(11)15-2)14(17)12-6-4-3-5-7-12/h11-13,15H,3-10H2,1-2H3. The number of likely N-dealkylation sites (tertiary alicyclic amines) is 1. The predicted molar refractivity (Wildman–Crippen MR) is 69.8 cm³/mol. The quantitative estimate of drug-likeness (QED) is 0.798. The van der Waals surface area contributed by atoms with Crippen LogP contribution in [0.15, 0.2) is 0 Å². The van der Waals surface area contributed by atoms with E-state index < -0.39 is 0 Å². The van der Waals surface area contributed by atoms with Gasteiger partial charge in [-0.25, -0.2) is 0 Å². The Morgan fingerprint density at radius 2 is 1.88 bits per heavy atom. The van der Waals surface area contributed by atoms with E-state index in [1.54, 1.807) is 0 Å². The van der Waals surface area contributed by atoms with Crippen LogP contribution in [0.3, 0.4) is 0 Å². The third-order valence-electron chi connectivity index (χ3n) is 4.54. The summed E-state index contributed by atoms with van der Waals surface area (Å²) in [4.78, 5) is 14.5. The predicted octanol–water partition coefficient (Wildman–Crippen LogP) is 2.02. The van der Waals surface area contributed by atoms with Crippen molar-refractivity contribution in [3.63, 3.8) is 0 Å². The fraction of sp³-hybridized carbons (Fsp3) is 0.929. The Balaban J connectivity index is 1.87. The molecule has 2 unspecified atom stereocenters. The lowest BCUT2D eigenvalue weighted by Gasteiger charge is -2.39. The van der Waals surface area contributed by atoms with Crippen LogP contribution in [0, 0.1) is 11.8 Å². The molecule has 1 N–H and O–H groups in total. The van der Waals surface area contributed by atoms with Crippen molar-refractivity contribution >= 4 is 5.91 Å². The summed E-state index contributed by atoms with van der Waals surface area (Å²) in [7, 11) is 2.03. The number of amides is 1. The Kier molecular flexibility index (Phi) is 4.43. The molecule has 0 radical (unpaired) electrons. The lowest BCUT2D eigenvalue weighted by atomic mass is 9.86. The molecule has 3 heteroatoms. The van der Waals surface area contributed by atoms with Crippen molar-refractivity contribution in [2.75, 3.05) is 20.1 Å². The maximum atomic E-state index is 12.4. The first-order valence-corrected chi connectivity index (χ1v) is 7.18. The van der Waals surface area contributed by atoms with E-state index in [1.807, 2.05) is 7.05 Å². The molecule has 2 rings (SSSR count). The van der Waals surface area contributed by atoms with Crippen LogP contribution in [0.5, 0.6) is 0 Å². The number of hydrogen-bond donors (Lipinski definition) is 1. The zero-order valence-electron chi connectivity index (χ0n) is 11.2. The number of piperidine rings is 1. The van der Waals surface area contributed by atoms with Crippen LogP contribution in [0.25, 0.3) is 0 Å². The molecule has 1 aliphatic carbocycles. The molecule has 1 saturated carbocycles. The van der Waals surface area contributed by atoms with Gasteiger partial charge in [0.1, 0.15) is 0 Å². The van der Waals surface area contributed by atoms with Crippen molar-refractivity contribution in [3.8, 4) is 0 Å². The maximum Gasteiger partial charge on any atom is 0.225 e. The highest BCUT2D eigenvalue weighted by Crippen LogP contribution is 2.27. The first-order chi connectivity index (χ1) is 8.22. The molecule has 1 heterocycles. The molecule has 0 bridgehead atoms. The van der Waals surface area contributed by atoms with Crippen LogP contribution in [0.1, 0.15) is 45.4 Å². The summed E-state index contributed by atoms with van der Waals surface area (Å²) >= 11 is 0. The third kappa shape index (κ3) is 3.01. The summed E-state index contributed by atoms with van der Waals surface area (Å²) in [5.74, 6) is 1.36. The van der Waals surface area contributed by atoms with E-state index >= 15 is 0 Å². The number of carbonyl (C=O) groups is 1. The number of nitrogens with one attached hydrogen (secondary N) is 1. The van der Waals surface area contributed by atoms with Gasteiger partial charge in [-0.05, 0) is 32.2 Å². The largest absolute Gasteiger partial charge is 0.342 e. The summed E-state index contributed by atoms with van der Waals surface area (Å²) < 4.78 is 0. The number of hydrogen-bond acceptors (Lipinski definition) is 2. The van der Waals surface area contributed by atoms with E-state index in [1.165, 1.54) is 19.3 Å². The van der Waals surface area contributed by atoms with Crippen LogP contribution in [-0.2, 0) is 4.79 Å². The molecule has 0 aromatic heterocycles. The van der Waals surface area contributed by atoms with Gasteiger partial charge in [0.15, 0.2) is 0 Å². The molecule has 2 aliphatic rings. The molecule has 1 aliphatic heterocycles. The minimum absolute atomic E-state index is 0.335. The van der Waals surface area contributed by atoms with Crippen LogP contribution in [-0.4, -0.2) is 37.0 Å². The van der Waals surface area contributed by atoms with Crippen LogP contribution in [0.4, 0.5) is 0 Å². The molecule has 98 valence electrons. The first kappa shape index (κ1) is 12.9. The van der Waals surface area contributed by atoms with E-state index in [4.69, 9.17) is 0 Å². The third-order valence-corrected chi connectivity index (χ3v) is 4.54. The summed E-state index contributed by atoms with van der Waals surface area (Å²) in [6, 6.07) is 0.588. The monoisotopic (exact) mass is 238 g/mol. The van der Waals surface area contributed by atoms with Crippen LogP contribution in [0.2, 0.25) is 0 Å². The Morgan fingerprint density at radius 3 is 2.47 bits per heavy atom. The minimum Gasteiger partial charge on any atom is -0.342 e. The number of rotatable bonds is 2. The second-order valence-corrected chi connectivity index (χ2v) is 5.78. The minimum atomic E-state index is 0.335. The van der Waals surface area contributed by atoms with Gasteiger partial charge in [-0.3, -0.25) is 4.79 Å². The molecule has 3 nitrogen and oxygen atoms in total. The van der Waals surface area contributed by atoms with E-state index in [9.17, 15) is 4.79 Å². The topological polar surface area (TPSA) is 32.3 Å². The molecule has 1 amide bonds. The summed E-state index contributed by atoms with van der Waals surface area (Å²) in [6.07, 6.45) is 7.17. The molecular formula is C14H26N2O. The van der Waals surface area contributed by atoms with E-state index in [0.717, 1.165) is 32.4 Å². The molecule has 0 aromatic rings. The zero-order valence-corrected chi connectivity index (χ0v) is 11.2. The molecular weight excluding hydrogens is 212 g/mol. The highest BCUT2D eigenvalue weighted by molar-refractivity contribution is 5.79. The van der Waals surface area contributed by atoms with Crippen LogP contribution >= 0.6 is 0 Å². The molecule has 1 saturated heterocycles. The molecule has 0 aromatic carbocycles. The average Bonchev–Trinajstić information content (AvgIpc) is 2.39. The van der Waals surface area contributed by atoms with E-state index in [-0.39, 0.29) is 0 Å². The van der Waals surface area contributed by atoms with Crippen LogP contribution < -0.4 is 5.32 Å². The number of nitrogens with zero attached hydrogens (tertiary/aromatic N) is 1. The van der Waals surface area contributed by atoms with Crippen molar-refractivity contribution in [1.82, 2.24) is 10.2 Å². The summed E-state index contributed by atoms with van der Waals surface area (Å²) in [5.41, 5.74) is 0. The molecule has 17 heavy (non-hydrogen) atoms. The van der Waals surface area contributed by atoms with Crippen molar-refractivity contribution in [2.45, 2.75) is 51.5 Å². The van der Waals surface area contributed by atoms with Gasteiger partial charge >= 0.3 is 0 Å². The fourth-order valence-corrected chi connectivity index (χ4v) is 3.38. The normalized spacial score (nSPS) is 31.5. The SMILES string of the molecule is CNC1CCN(C(=O)C2CCCCC2)CC1C. The van der Waals surface area contributed by atoms with Gasteiger partial charge in [0, 0.05) is 25.0 Å². The lowest BCUT2D eigenvalue weighted by molar-refractivity contribution is -0.138. The van der Waals surface area contributed by atoms with Crippen molar-refractivity contribution in [3.05, 3.63) is 0 Å². The van der Waals surface area contributed by atoms with Gasteiger partial charge in [0.2, 0.25) is 5.91 Å². The van der Waals surface area contributed by atoms with Gasteiger partial charge in [-0.2, -0.15) is 0 Å². The maximum absolute atomic E-state index is 12.4. The Labute approximate surface area is 105 Å². The lowest BCUT2D eigenvalue weighted by Crippen LogP contribution is -2.50.